The first-order chi connectivity index (χ1) is 13.2. The number of ketones is 1. The van der Waals surface area contributed by atoms with E-state index in [1.54, 1.807) is 0 Å². The van der Waals surface area contributed by atoms with Crippen molar-refractivity contribution in [1.29, 1.82) is 0 Å². The van der Waals surface area contributed by atoms with Crippen LogP contribution < -0.4 is 5.32 Å². The minimum atomic E-state index is -0.0783. The molecule has 27 heavy (non-hydrogen) atoms. The first-order valence-electron chi connectivity index (χ1n) is 9.18. The number of amides is 1. The molecule has 0 saturated carbocycles. The van der Waals surface area contributed by atoms with Gasteiger partial charge in [0, 0.05) is 18.5 Å². The van der Waals surface area contributed by atoms with Crippen LogP contribution in [0.3, 0.4) is 0 Å². The molecule has 0 unspecified atom stereocenters. The number of carbonyl (C=O) groups is 2. The Bertz CT molecular complexity index is 889. The maximum Gasteiger partial charge on any atom is 0.228 e. The Balaban J connectivity index is 1.58. The molecule has 0 aliphatic carbocycles. The fourth-order valence-electron chi connectivity index (χ4n) is 3.00. The predicted molar refractivity (Wildman–Crippen MR) is 109 cm³/mol. The van der Waals surface area contributed by atoms with Crippen LogP contribution in [0, 0.1) is 0 Å². The lowest BCUT2D eigenvalue weighted by Gasteiger charge is -2.11. The Morgan fingerprint density at radius 3 is 1.96 bits per heavy atom. The lowest BCUT2D eigenvalue weighted by Crippen LogP contribution is -2.16. The maximum absolute atomic E-state index is 12.4. The van der Waals surface area contributed by atoms with Crippen LogP contribution in [0.4, 0.5) is 5.69 Å². The fraction of sp³-hybridized carbons (Fsp3) is 0.167. The van der Waals surface area contributed by atoms with Gasteiger partial charge in [0.05, 0.1) is 6.42 Å². The molecule has 3 heteroatoms. The van der Waals surface area contributed by atoms with Crippen molar-refractivity contribution in [3.05, 3.63) is 102 Å². The summed E-state index contributed by atoms with van der Waals surface area (Å²) in [5.41, 5.74) is 3.70. The van der Waals surface area contributed by atoms with Crippen LogP contribution in [0.1, 0.15) is 23.1 Å². The van der Waals surface area contributed by atoms with Gasteiger partial charge >= 0.3 is 0 Å². The van der Waals surface area contributed by atoms with E-state index in [1.807, 2.05) is 84.9 Å². The number of aryl methyl sites for hydroxylation is 1. The molecule has 3 aromatic carbocycles. The highest BCUT2D eigenvalue weighted by Crippen LogP contribution is 2.17. The highest BCUT2D eigenvalue weighted by atomic mass is 16.1. The van der Waals surface area contributed by atoms with Crippen molar-refractivity contribution in [2.45, 2.75) is 25.7 Å². The molecule has 0 atom stereocenters. The molecule has 0 spiro atoms. The van der Waals surface area contributed by atoms with Crippen LogP contribution >= 0.6 is 0 Å². The third kappa shape index (κ3) is 5.93. The SMILES string of the molecule is O=C(CCc1ccccc1)Cc1ccccc1NC(=O)Cc1ccccc1. The number of nitrogens with one attached hydrogen (secondary N) is 1. The van der Waals surface area contributed by atoms with Gasteiger partial charge in [-0.25, -0.2) is 0 Å². The van der Waals surface area contributed by atoms with Crippen LogP contribution in [0.15, 0.2) is 84.9 Å². The van der Waals surface area contributed by atoms with Crippen LogP contribution in [0.2, 0.25) is 0 Å². The van der Waals surface area contributed by atoms with Crippen molar-refractivity contribution in [3.8, 4) is 0 Å². The van der Waals surface area contributed by atoms with Crippen molar-refractivity contribution >= 4 is 17.4 Å². The second-order valence-corrected chi connectivity index (χ2v) is 6.57. The fourth-order valence-corrected chi connectivity index (χ4v) is 3.00. The van der Waals surface area contributed by atoms with E-state index < -0.39 is 0 Å². The van der Waals surface area contributed by atoms with E-state index in [2.05, 4.69) is 5.32 Å². The average Bonchev–Trinajstić information content (AvgIpc) is 2.69. The van der Waals surface area contributed by atoms with E-state index >= 15 is 0 Å². The van der Waals surface area contributed by atoms with Crippen molar-refractivity contribution in [2.75, 3.05) is 5.32 Å². The first-order valence-corrected chi connectivity index (χ1v) is 9.18. The van der Waals surface area contributed by atoms with E-state index in [4.69, 9.17) is 0 Å². The van der Waals surface area contributed by atoms with E-state index in [-0.39, 0.29) is 11.7 Å². The maximum atomic E-state index is 12.4. The number of Topliss-reactive ketones (excluding diaryl/α,β-unsaturated/α-hetero) is 1. The second-order valence-electron chi connectivity index (χ2n) is 6.57. The quantitative estimate of drug-likeness (QED) is 0.640. The molecule has 0 radical (unpaired) electrons. The topological polar surface area (TPSA) is 46.2 Å². The molecule has 0 heterocycles. The number of rotatable bonds is 8. The Kier molecular flexibility index (Phi) is 6.53. The summed E-state index contributed by atoms with van der Waals surface area (Å²) in [6, 6.07) is 27.1. The van der Waals surface area contributed by atoms with Gasteiger partial charge in [-0.15, -0.1) is 0 Å². The van der Waals surface area contributed by atoms with Gasteiger partial charge < -0.3 is 5.32 Å². The zero-order valence-corrected chi connectivity index (χ0v) is 15.2. The monoisotopic (exact) mass is 357 g/mol. The van der Waals surface area contributed by atoms with E-state index in [0.717, 1.165) is 23.1 Å². The summed E-state index contributed by atoms with van der Waals surface area (Å²) in [6.07, 6.45) is 1.88. The summed E-state index contributed by atoms with van der Waals surface area (Å²) < 4.78 is 0. The van der Waals surface area contributed by atoms with Gasteiger partial charge in [0.1, 0.15) is 5.78 Å². The molecule has 0 aliphatic rings. The molecular formula is C24H23NO2. The summed E-state index contributed by atoms with van der Waals surface area (Å²) in [4.78, 5) is 24.7. The van der Waals surface area contributed by atoms with Gasteiger partial charge in [-0.05, 0) is 29.2 Å². The van der Waals surface area contributed by atoms with Crippen LogP contribution in [-0.2, 0) is 28.9 Å². The minimum absolute atomic E-state index is 0.0783. The Hall–Kier alpha value is -3.20. The standard InChI is InChI=1S/C24H23NO2/c26-22(16-15-19-9-3-1-4-10-19)18-21-13-7-8-14-23(21)25-24(27)17-20-11-5-2-6-12-20/h1-14H,15-18H2,(H,25,27). The smallest absolute Gasteiger partial charge is 0.228 e. The zero-order chi connectivity index (χ0) is 18.9. The normalized spacial score (nSPS) is 10.4. The molecular weight excluding hydrogens is 334 g/mol. The third-order valence-corrected chi connectivity index (χ3v) is 4.42. The van der Waals surface area contributed by atoms with Crippen molar-refractivity contribution in [1.82, 2.24) is 0 Å². The molecule has 0 aromatic heterocycles. The van der Waals surface area contributed by atoms with Crippen molar-refractivity contribution in [2.24, 2.45) is 0 Å². The van der Waals surface area contributed by atoms with Crippen LogP contribution in [-0.4, -0.2) is 11.7 Å². The lowest BCUT2D eigenvalue weighted by molar-refractivity contribution is -0.118. The summed E-state index contributed by atoms with van der Waals surface area (Å²) in [5, 5.41) is 2.95. The molecule has 3 rings (SSSR count). The van der Waals surface area contributed by atoms with Crippen LogP contribution in [0.25, 0.3) is 0 Å². The van der Waals surface area contributed by atoms with Crippen molar-refractivity contribution in [3.63, 3.8) is 0 Å². The van der Waals surface area contributed by atoms with Gasteiger partial charge in [-0.1, -0.05) is 78.9 Å². The highest BCUT2D eigenvalue weighted by molar-refractivity contribution is 5.94. The molecule has 0 aliphatic heterocycles. The predicted octanol–water partition coefficient (Wildman–Crippen LogP) is 4.61. The number of carbonyl (C=O) groups excluding carboxylic acids is 2. The number of hydrogen-bond acceptors (Lipinski definition) is 2. The molecule has 0 fully saturated rings. The lowest BCUT2D eigenvalue weighted by atomic mass is 10.0. The molecule has 3 aromatic rings. The van der Waals surface area contributed by atoms with E-state index in [0.29, 0.717) is 24.9 Å². The molecule has 3 nitrogen and oxygen atoms in total. The number of para-hydroxylation sites is 1. The molecule has 0 bridgehead atoms. The summed E-state index contributed by atoms with van der Waals surface area (Å²) in [5.74, 6) is 0.0917. The van der Waals surface area contributed by atoms with Gasteiger partial charge in [0.2, 0.25) is 5.91 Å². The van der Waals surface area contributed by atoms with E-state index in [9.17, 15) is 9.59 Å². The van der Waals surface area contributed by atoms with Gasteiger partial charge in [0.25, 0.3) is 0 Å². The average molecular weight is 357 g/mol. The number of anilines is 1. The van der Waals surface area contributed by atoms with Gasteiger partial charge in [0.15, 0.2) is 0 Å². The second kappa shape index (κ2) is 9.48. The third-order valence-electron chi connectivity index (χ3n) is 4.42. The van der Waals surface area contributed by atoms with Crippen LogP contribution in [0.5, 0.6) is 0 Å². The Morgan fingerprint density at radius 1 is 0.667 bits per heavy atom. The number of hydrogen-bond donors (Lipinski definition) is 1. The largest absolute Gasteiger partial charge is 0.326 e. The van der Waals surface area contributed by atoms with Gasteiger partial charge in [-0.2, -0.15) is 0 Å². The molecule has 136 valence electrons. The number of benzene rings is 3. The zero-order valence-electron chi connectivity index (χ0n) is 15.2. The van der Waals surface area contributed by atoms with Gasteiger partial charge in [-0.3, -0.25) is 9.59 Å². The molecule has 1 N–H and O–H groups in total. The highest BCUT2D eigenvalue weighted by Gasteiger charge is 2.11. The van der Waals surface area contributed by atoms with E-state index in [1.165, 1.54) is 0 Å². The minimum Gasteiger partial charge on any atom is -0.326 e. The van der Waals surface area contributed by atoms with Crippen molar-refractivity contribution < 1.29 is 9.59 Å². The molecule has 0 saturated heterocycles. The summed E-state index contributed by atoms with van der Waals surface area (Å²) >= 11 is 0. The first kappa shape index (κ1) is 18.6. The summed E-state index contributed by atoms with van der Waals surface area (Å²) in [6.45, 7) is 0. The summed E-state index contributed by atoms with van der Waals surface area (Å²) in [7, 11) is 0. The Labute approximate surface area is 160 Å². The Morgan fingerprint density at radius 2 is 1.26 bits per heavy atom. The molecule has 1 amide bonds.